The lowest BCUT2D eigenvalue weighted by Gasteiger charge is -2.18. The maximum atomic E-state index is 12.0. The van der Waals surface area contributed by atoms with Crippen LogP contribution in [0.5, 0.6) is 5.75 Å². The first kappa shape index (κ1) is 13.8. The number of hydrogen-bond acceptors (Lipinski definition) is 2. The van der Waals surface area contributed by atoms with Gasteiger partial charge >= 0.3 is 0 Å². The second kappa shape index (κ2) is 5.41. The van der Waals surface area contributed by atoms with Gasteiger partial charge in [0.15, 0.2) is 0 Å². The molecule has 0 aliphatic carbocycles. The van der Waals surface area contributed by atoms with Gasteiger partial charge in [-0.25, -0.2) is 0 Å². The van der Waals surface area contributed by atoms with E-state index in [0.717, 1.165) is 5.56 Å². The molecule has 17 heavy (non-hydrogen) atoms. The minimum absolute atomic E-state index is 0.0433. The molecule has 1 aromatic rings. The highest BCUT2D eigenvalue weighted by molar-refractivity contribution is 6.32. The molecule has 0 fully saturated rings. The van der Waals surface area contributed by atoms with Crippen LogP contribution in [0.15, 0.2) is 12.1 Å². The predicted molar refractivity (Wildman–Crippen MR) is 70.1 cm³/mol. The van der Waals surface area contributed by atoms with E-state index in [1.165, 1.54) is 0 Å². The molecule has 0 radical (unpaired) electrons. The summed E-state index contributed by atoms with van der Waals surface area (Å²) in [6.45, 7) is 4.07. The SMILES string of the molecule is COc1cc(C(C)C)c(C(=O)N(C)C)cc1Cl. The molecule has 0 spiro atoms. The van der Waals surface area contributed by atoms with E-state index in [2.05, 4.69) is 0 Å². The smallest absolute Gasteiger partial charge is 0.253 e. The van der Waals surface area contributed by atoms with E-state index in [-0.39, 0.29) is 11.8 Å². The Labute approximate surface area is 107 Å². The third-order valence-corrected chi connectivity index (χ3v) is 2.88. The highest BCUT2D eigenvalue weighted by Crippen LogP contribution is 2.32. The van der Waals surface area contributed by atoms with Crippen molar-refractivity contribution in [1.82, 2.24) is 4.90 Å². The van der Waals surface area contributed by atoms with E-state index in [1.807, 2.05) is 19.9 Å². The zero-order valence-corrected chi connectivity index (χ0v) is 11.6. The number of halogens is 1. The van der Waals surface area contributed by atoms with Crippen LogP contribution in [0, 0.1) is 0 Å². The zero-order valence-electron chi connectivity index (χ0n) is 10.9. The fraction of sp³-hybridized carbons (Fsp3) is 0.462. The lowest BCUT2D eigenvalue weighted by Crippen LogP contribution is -2.23. The van der Waals surface area contributed by atoms with Crippen LogP contribution in [-0.2, 0) is 0 Å². The van der Waals surface area contributed by atoms with Crippen LogP contribution in [0.3, 0.4) is 0 Å². The molecular formula is C13H18ClNO2. The van der Waals surface area contributed by atoms with Gasteiger partial charge in [0.25, 0.3) is 5.91 Å². The van der Waals surface area contributed by atoms with Crippen molar-refractivity contribution >= 4 is 17.5 Å². The fourth-order valence-electron chi connectivity index (χ4n) is 1.63. The first-order chi connectivity index (χ1) is 7.88. The van der Waals surface area contributed by atoms with Crippen LogP contribution in [0.1, 0.15) is 35.7 Å². The minimum atomic E-state index is -0.0433. The van der Waals surface area contributed by atoms with Crippen molar-refractivity contribution in [3.63, 3.8) is 0 Å². The average molecular weight is 256 g/mol. The Morgan fingerprint density at radius 3 is 2.35 bits per heavy atom. The van der Waals surface area contributed by atoms with Gasteiger partial charge < -0.3 is 9.64 Å². The van der Waals surface area contributed by atoms with Crippen LogP contribution in [-0.4, -0.2) is 32.0 Å². The molecular weight excluding hydrogens is 238 g/mol. The third kappa shape index (κ3) is 2.91. The van der Waals surface area contributed by atoms with Gasteiger partial charge in [-0.2, -0.15) is 0 Å². The lowest BCUT2D eigenvalue weighted by molar-refractivity contribution is 0.0826. The molecule has 0 heterocycles. The molecule has 4 heteroatoms. The largest absolute Gasteiger partial charge is 0.495 e. The van der Waals surface area contributed by atoms with Gasteiger partial charge in [-0.3, -0.25) is 4.79 Å². The first-order valence-electron chi connectivity index (χ1n) is 5.47. The Bertz CT molecular complexity index is 428. The summed E-state index contributed by atoms with van der Waals surface area (Å²) >= 11 is 6.06. The maximum absolute atomic E-state index is 12.0. The van der Waals surface area contributed by atoms with Crippen molar-refractivity contribution in [3.8, 4) is 5.75 Å². The summed E-state index contributed by atoms with van der Waals surface area (Å²) in [7, 11) is 5.02. The van der Waals surface area contributed by atoms with Crippen molar-refractivity contribution < 1.29 is 9.53 Å². The molecule has 1 amide bonds. The van der Waals surface area contributed by atoms with Gasteiger partial charge in [-0.1, -0.05) is 25.4 Å². The minimum Gasteiger partial charge on any atom is -0.495 e. The standard InChI is InChI=1S/C13H18ClNO2/c1-8(2)9-7-12(17-5)11(14)6-10(9)13(16)15(3)4/h6-8H,1-5H3. The number of benzene rings is 1. The van der Waals surface area contributed by atoms with E-state index in [4.69, 9.17) is 16.3 Å². The van der Waals surface area contributed by atoms with Crippen LogP contribution in [0.2, 0.25) is 5.02 Å². The van der Waals surface area contributed by atoms with Crippen molar-refractivity contribution in [2.75, 3.05) is 21.2 Å². The average Bonchev–Trinajstić information content (AvgIpc) is 2.27. The summed E-state index contributed by atoms with van der Waals surface area (Å²) in [5, 5.41) is 0.460. The summed E-state index contributed by atoms with van der Waals surface area (Å²) in [5.74, 6) is 0.795. The number of carbonyl (C=O) groups excluding carboxylic acids is 1. The van der Waals surface area contributed by atoms with Gasteiger partial charge in [0.2, 0.25) is 0 Å². The molecule has 0 aromatic heterocycles. The first-order valence-corrected chi connectivity index (χ1v) is 5.85. The molecule has 94 valence electrons. The normalized spacial score (nSPS) is 10.5. The number of methoxy groups -OCH3 is 1. The highest BCUT2D eigenvalue weighted by atomic mass is 35.5. The molecule has 0 unspecified atom stereocenters. The van der Waals surface area contributed by atoms with Crippen LogP contribution in [0.25, 0.3) is 0 Å². The van der Waals surface area contributed by atoms with Crippen LogP contribution >= 0.6 is 11.6 Å². The Balaban J connectivity index is 3.38. The number of hydrogen-bond donors (Lipinski definition) is 0. The second-order valence-electron chi connectivity index (χ2n) is 4.43. The van der Waals surface area contributed by atoms with Crippen LogP contribution in [0.4, 0.5) is 0 Å². The van der Waals surface area contributed by atoms with Crippen molar-refractivity contribution in [2.45, 2.75) is 19.8 Å². The van der Waals surface area contributed by atoms with Gasteiger partial charge in [0, 0.05) is 19.7 Å². The predicted octanol–water partition coefficient (Wildman–Crippen LogP) is 3.17. The van der Waals surface area contributed by atoms with E-state index >= 15 is 0 Å². The van der Waals surface area contributed by atoms with E-state index < -0.39 is 0 Å². The summed E-state index contributed by atoms with van der Waals surface area (Å²) < 4.78 is 5.17. The van der Waals surface area contributed by atoms with E-state index in [9.17, 15) is 4.79 Å². The number of ether oxygens (including phenoxy) is 1. The van der Waals surface area contributed by atoms with Crippen molar-refractivity contribution in [3.05, 3.63) is 28.3 Å². The zero-order chi connectivity index (χ0) is 13.2. The van der Waals surface area contributed by atoms with Gasteiger partial charge in [-0.05, 0) is 23.6 Å². The Kier molecular flexibility index (Phi) is 4.40. The second-order valence-corrected chi connectivity index (χ2v) is 4.84. The Morgan fingerprint density at radius 1 is 1.35 bits per heavy atom. The Morgan fingerprint density at radius 2 is 1.94 bits per heavy atom. The van der Waals surface area contributed by atoms with Gasteiger partial charge in [-0.15, -0.1) is 0 Å². The summed E-state index contributed by atoms with van der Waals surface area (Å²) in [6.07, 6.45) is 0. The van der Waals surface area contributed by atoms with Crippen LogP contribution < -0.4 is 4.74 Å². The van der Waals surface area contributed by atoms with Crippen molar-refractivity contribution in [1.29, 1.82) is 0 Å². The quantitative estimate of drug-likeness (QED) is 0.830. The molecule has 0 bridgehead atoms. The Hall–Kier alpha value is -1.22. The molecule has 0 aliphatic heterocycles. The summed E-state index contributed by atoms with van der Waals surface area (Å²) in [6, 6.07) is 3.52. The third-order valence-electron chi connectivity index (χ3n) is 2.58. The van der Waals surface area contributed by atoms with E-state index in [0.29, 0.717) is 16.3 Å². The monoisotopic (exact) mass is 255 g/mol. The molecule has 0 saturated carbocycles. The molecule has 0 saturated heterocycles. The highest BCUT2D eigenvalue weighted by Gasteiger charge is 2.18. The molecule has 3 nitrogen and oxygen atoms in total. The lowest BCUT2D eigenvalue weighted by atomic mass is 9.96. The van der Waals surface area contributed by atoms with Gasteiger partial charge in [0.05, 0.1) is 12.1 Å². The number of rotatable bonds is 3. The molecule has 1 rings (SSSR count). The maximum Gasteiger partial charge on any atom is 0.253 e. The molecule has 0 atom stereocenters. The molecule has 1 aromatic carbocycles. The van der Waals surface area contributed by atoms with Gasteiger partial charge in [0.1, 0.15) is 5.75 Å². The summed E-state index contributed by atoms with van der Waals surface area (Å²) in [5.41, 5.74) is 1.58. The summed E-state index contributed by atoms with van der Waals surface area (Å²) in [4.78, 5) is 13.6. The number of carbonyl (C=O) groups is 1. The topological polar surface area (TPSA) is 29.5 Å². The van der Waals surface area contributed by atoms with E-state index in [1.54, 1.807) is 32.2 Å². The van der Waals surface area contributed by atoms with Crippen molar-refractivity contribution in [2.24, 2.45) is 0 Å². The molecule has 0 aliphatic rings. The fourth-order valence-corrected chi connectivity index (χ4v) is 1.87. The number of amides is 1. The number of nitrogens with zero attached hydrogens (tertiary/aromatic N) is 1. The molecule has 0 N–H and O–H groups in total.